The molecule has 0 fully saturated rings. The van der Waals surface area contributed by atoms with Crippen molar-refractivity contribution in [2.45, 2.75) is 6.61 Å². The number of hydrogen-bond donors (Lipinski definition) is 3. The Labute approximate surface area is 216 Å². The molecule has 3 N–H and O–H groups in total. The fraction of sp³-hybridized carbons (Fsp3) is 0.625. The van der Waals surface area contributed by atoms with Gasteiger partial charge in [0.1, 0.15) is 19.8 Å². The summed E-state index contributed by atoms with van der Waals surface area (Å²) in [6, 6.07) is 9.44. The fourth-order valence-electron chi connectivity index (χ4n) is 2.53. The predicted octanol–water partition coefficient (Wildman–Crippen LogP) is 0.213. The maximum atomic E-state index is 11.6. The van der Waals surface area contributed by atoms with Crippen molar-refractivity contribution < 1.29 is 52.6 Å². The number of carboxylic acids is 1. The van der Waals surface area contributed by atoms with Gasteiger partial charge in [0.2, 0.25) is 5.91 Å². The van der Waals surface area contributed by atoms with Gasteiger partial charge in [0.15, 0.2) is 0 Å². The summed E-state index contributed by atoms with van der Waals surface area (Å²) in [7, 11) is 0. The number of hydrogen-bond acceptors (Lipinski definition) is 10. The smallest absolute Gasteiger partial charge is 0.407 e. The predicted molar refractivity (Wildman–Crippen MR) is 130 cm³/mol. The van der Waals surface area contributed by atoms with Crippen LogP contribution in [0.15, 0.2) is 30.3 Å². The molecule has 13 nitrogen and oxygen atoms in total. The van der Waals surface area contributed by atoms with E-state index in [1.54, 1.807) is 0 Å². The first kappa shape index (κ1) is 32.2. The Kier molecular flexibility index (Phi) is 20.5. The van der Waals surface area contributed by atoms with Crippen LogP contribution in [-0.2, 0) is 49.4 Å². The van der Waals surface area contributed by atoms with Gasteiger partial charge in [0, 0.05) is 13.1 Å². The van der Waals surface area contributed by atoms with Crippen LogP contribution in [-0.4, -0.2) is 115 Å². The number of alkyl carbamates (subject to hydrolysis) is 1. The molecule has 0 saturated heterocycles. The highest BCUT2D eigenvalue weighted by Gasteiger charge is 2.03. The SMILES string of the molecule is O=C(O)COCC(=O)NCCOCCOCCOCCOCCOCCNC(=O)OCc1ccccc1. The van der Waals surface area contributed by atoms with E-state index in [0.29, 0.717) is 79.2 Å². The molecule has 13 heteroatoms. The van der Waals surface area contributed by atoms with Crippen molar-refractivity contribution in [3.63, 3.8) is 0 Å². The van der Waals surface area contributed by atoms with Crippen LogP contribution in [0.5, 0.6) is 0 Å². The fourth-order valence-corrected chi connectivity index (χ4v) is 2.53. The third kappa shape index (κ3) is 22.1. The van der Waals surface area contributed by atoms with Gasteiger partial charge in [-0.25, -0.2) is 9.59 Å². The monoisotopic (exact) mass is 530 g/mol. The lowest BCUT2D eigenvalue weighted by molar-refractivity contribution is -0.143. The molecule has 1 aromatic rings. The summed E-state index contributed by atoms with van der Waals surface area (Å²) in [5.41, 5.74) is 0.925. The number of aliphatic carboxylic acids is 1. The highest BCUT2D eigenvalue weighted by atomic mass is 16.6. The first-order chi connectivity index (χ1) is 18.1. The van der Waals surface area contributed by atoms with E-state index in [0.717, 1.165) is 5.56 Å². The average molecular weight is 531 g/mol. The lowest BCUT2D eigenvalue weighted by Crippen LogP contribution is -2.31. The van der Waals surface area contributed by atoms with Crippen molar-refractivity contribution in [1.29, 1.82) is 0 Å². The van der Waals surface area contributed by atoms with E-state index in [9.17, 15) is 14.4 Å². The third-order valence-electron chi connectivity index (χ3n) is 4.24. The van der Waals surface area contributed by atoms with Crippen LogP contribution >= 0.6 is 0 Å². The molecule has 0 aliphatic heterocycles. The van der Waals surface area contributed by atoms with Crippen LogP contribution in [0.25, 0.3) is 0 Å². The van der Waals surface area contributed by atoms with Gasteiger partial charge in [-0.2, -0.15) is 0 Å². The van der Waals surface area contributed by atoms with Gasteiger partial charge in [-0.1, -0.05) is 30.3 Å². The van der Waals surface area contributed by atoms with Crippen LogP contribution in [0.2, 0.25) is 0 Å². The number of ether oxygens (including phenoxy) is 7. The molecule has 0 atom stereocenters. The van der Waals surface area contributed by atoms with Gasteiger partial charge in [-0.3, -0.25) is 4.79 Å². The Hall–Kier alpha value is -2.81. The summed E-state index contributed by atoms with van der Waals surface area (Å²) in [6.45, 7) is 4.05. The first-order valence-electron chi connectivity index (χ1n) is 12.0. The van der Waals surface area contributed by atoms with E-state index in [2.05, 4.69) is 15.4 Å². The van der Waals surface area contributed by atoms with Gasteiger partial charge < -0.3 is 48.9 Å². The van der Waals surface area contributed by atoms with Crippen LogP contribution in [0, 0.1) is 0 Å². The number of benzene rings is 1. The second-order valence-corrected chi connectivity index (χ2v) is 7.29. The molecule has 0 aromatic heterocycles. The standard InChI is InChI=1S/C24H38N2O11/c27-22(19-36-20-23(28)29)25-6-8-31-10-12-33-14-16-35-17-15-34-13-11-32-9-7-26-24(30)37-18-21-4-2-1-3-5-21/h1-5H,6-20H2,(H,25,27)(H,26,30)(H,28,29). The normalized spacial score (nSPS) is 10.7. The third-order valence-corrected chi connectivity index (χ3v) is 4.24. The number of carboxylic acid groups (broad SMARTS) is 1. The topological polar surface area (TPSA) is 160 Å². The maximum Gasteiger partial charge on any atom is 0.407 e. The summed E-state index contributed by atoms with van der Waals surface area (Å²) in [5.74, 6) is -1.53. The first-order valence-corrected chi connectivity index (χ1v) is 12.0. The highest BCUT2D eigenvalue weighted by Crippen LogP contribution is 2.00. The largest absolute Gasteiger partial charge is 0.480 e. The Bertz CT molecular complexity index is 722. The van der Waals surface area contributed by atoms with Crippen LogP contribution in [0.4, 0.5) is 4.79 Å². The van der Waals surface area contributed by atoms with Gasteiger partial charge in [0.05, 0.1) is 66.1 Å². The van der Waals surface area contributed by atoms with Crippen molar-refractivity contribution in [3.05, 3.63) is 35.9 Å². The molecular weight excluding hydrogens is 492 g/mol. The Morgan fingerprint density at radius 3 is 1.62 bits per heavy atom. The minimum absolute atomic E-state index is 0.226. The summed E-state index contributed by atoms with van der Waals surface area (Å²) < 4.78 is 36.6. The van der Waals surface area contributed by atoms with Crippen molar-refractivity contribution >= 4 is 18.0 Å². The van der Waals surface area contributed by atoms with Crippen molar-refractivity contribution in [2.24, 2.45) is 0 Å². The van der Waals surface area contributed by atoms with E-state index in [-0.39, 0.29) is 13.2 Å². The zero-order valence-corrected chi connectivity index (χ0v) is 21.0. The molecule has 0 unspecified atom stereocenters. The summed E-state index contributed by atoms with van der Waals surface area (Å²) >= 11 is 0. The number of carbonyl (C=O) groups is 3. The summed E-state index contributed by atoms with van der Waals surface area (Å²) in [5, 5.41) is 13.5. The van der Waals surface area contributed by atoms with Crippen molar-refractivity contribution in [1.82, 2.24) is 10.6 Å². The lowest BCUT2D eigenvalue weighted by atomic mass is 10.2. The van der Waals surface area contributed by atoms with Gasteiger partial charge in [-0.15, -0.1) is 0 Å². The van der Waals surface area contributed by atoms with E-state index >= 15 is 0 Å². The molecule has 0 radical (unpaired) electrons. The molecular formula is C24H38N2O11. The Morgan fingerprint density at radius 1 is 0.622 bits per heavy atom. The van der Waals surface area contributed by atoms with E-state index in [1.165, 1.54) is 0 Å². The van der Waals surface area contributed by atoms with Crippen molar-refractivity contribution in [2.75, 3.05) is 92.4 Å². The average Bonchev–Trinajstić information content (AvgIpc) is 2.89. The molecule has 2 amide bonds. The summed E-state index contributed by atoms with van der Waals surface area (Å²) in [6.07, 6.45) is -0.485. The van der Waals surface area contributed by atoms with Crippen LogP contribution < -0.4 is 10.6 Å². The lowest BCUT2D eigenvalue weighted by Gasteiger charge is -2.09. The molecule has 37 heavy (non-hydrogen) atoms. The maximum absolute atomic E-state index is 11.6. The molecule has 0 spiro atoms. The zero-order valence-electron chi connectivity index (χ0n) is 21.0. The number of rotatable bonds is 24. The van der Waals surface area contributed by atoms with Gasteiger partial charge in [-0.05, 0) is 5.56 Å². The second-order valence-electron chi connectivity index (χ2n) is 7.29. The number of amides is 2. The highest BCUT2D eigenvalue weighted by molar-refractivity contribution is 5.77. The van der Waals surface area contributed by atoms with E-state index < -0.39 is 24.6 Å². The van der Waals surface area contributed by atoms with Gasteiger partial charge >= 0.3 is 12.1 Å². The molecule has 0 saturated carbocycles. The molecule has 1 aromatic carbocycles. The Morgan fingerprint density at radius 2 is 1.11 bits per heavy atom. The van der Waals surface area contributed by atoms with Crippen molar-refractivity contribution in [3.8, 4) is 0 Å². The number of nitrogens with one attached hydrogen (secondary N) is 2. The van der Waals surface area contributed by atoms with Crippen LogP contribution in [0.3, 0.4) is 0 Å². The van der Waals surface area contributed by atoms with E-state index in [1.807, 2.05) is 30.3 Å². The molecule has 210 valence electrons. The Balaban J connectivity index is 1.72. The summed E-state index contributed by atoms with van der Waals surface area (Å²) in [4.78, 5) is 33.1. The van der Waals surface area contributed by atoms with Crippen LogP contribution in [0.1, 0.15) is 5.56 Å². The van der Waals surface area contributed by atoms with Gasteiger partial charge in [0.25, 0.3) is 0 Å². The number of carbonyl (C=O) groups excluding carboxylic acids is 2. The quantitative estimate of drug-likeness (QED) is 0.157. The van der Waals surface area contributed by atoms with E-state index in [4.69, 9.17) is 33.5 Å². The second kappa shape index (κ2) is 23.6. The molecule has 0 aliphatic rings. The zero-order chi connectivity index (χ0) is 26.8. The molecule has 0 bridgehead atoms. The minimum atomic E-state index is -1.13. The molecule has 1 rings (SSSR count). The minimum Gasteiger partial charge on any atom is -0.480 e. The molecule has 0 aliphatic carbocycles. The molecule has 0 heterocycles.